The standard InChI is InChI=1S/C22H24N2O6/c1-2-19(26)23-15-9-7-14(8-10-15)18(25)13-30-20(27)11-12-24-21(28)16-5-3-4-6-17(16)22(24)29/h3-4,7-10,16-17H,2,5-6,11-13H2,1H3,(H,23,26)/t16-,17-/m0/s1. The largest absolute Gasteiger partial charge is 0.457 e. The molecule has 1 aliphatic carbocycles. The van der Waals surface area contributed by atoms with Crippen molar-refractivity contribution in [2.24, 2.45) is 11.8 Å². The lowest BCUT2D eigenvalue weighted by Crippen LogP contribution is -2.33. The first-order chi connectivity index (χ1) is 14.4. The maximum Gasteiger partial charge on any atom is 0.308 e. The fourth-order valence-corrected chi connectivity index (χ4v) is 3.58. The zero-order chi connectivity index (χ0) is 21.7. The van der Waals surface area contributed by atoms with Crippen molar-refractivity contribution in [3.8, 4) is 0 Å². The van der Waals surface area contributed by atoms with E-state index in [1.807, 2.05) is 12.2 Å². The van der Waals surface area contributed by atoms with Crippen LogP contribution in [0, 0.1) is 11.8 Å². The minimum atomic E-state index is -0.649. The fourth-order valence-electron chi connectivity index (χ4n) is 3.58. The molecule has 0 radical (unpaired) electrons. The number of benzene rings is 1. The number of hydrogen-bond acceptors (Lipinski definition) is 6. The molecule has 30 heavy (non-hydrogen) atoms. The minimum absolute atomic E-state index is 0.0382. The van der Waals surface area contributed by atoms with Gasteiger partial charge in [0.15, 0.2) is 12.4 Å². The Bertz CT molecular complexity index is 863. The normalized spacial score (nSPS) is 20.1. The van der Waals surface area contributed by atoms with Crippen LogP contribution in [-0.2, 0) is 23.9 Å². The van der Waals surface area contributed by atoms with Gasteiger partial charge < -0.3 is 10.1 Å². The van der Waals surface area contributed by atoms with Gasteiger partial charge in [-0.05, 0) is 37.1 Å². The zero-order valence-electron chi connectivity index (χ0n) is 16.8. The topological polar surface area (TPSA) is 110 Å². The van der Waals surface area contributed by atoms with Crippen LogP contribution in [0.2, 0.25) is 0 Å². The van der Waals surface area contributed by atoms with E-state index in [1.54, 1.807) is 31.2 Å². The number of hydrogen-bond donors (Lipinski definition) is 1. The van der Waals surface area contributed by atoms with Gasteiger partial charge in [0.05, 0.1) is 18.3 Å². The van der Waals surface area contributed by atoms with Gasteiger partial charge in [-0.15, -0.1) is 0 Å². The number of allylic oxidation sites excluding steroid dienone is 2. The van der Waals surface area contributed by atoms with Gasteiger partial charge in [-0.25, -0.2) is 0 Å². The van der Waals surface area contributed by atoms with Crippen molar-refractivity contribution in [3.05, 3.63) is 42.0 Å². The molecular weight excluding hydrogens is 388 g/mol. The quantitative estimate of drug-likeness (QED) is 0.303. The molecule has 3 rings (SSSR count). The molecule has 0 saturated carbocycles. The summed E-state index contributed by atoms with van der Waals surface area (Å²) in [5.41, 5.74) is 0.921. The van der Waals surface area contributed by atoms with Crippen LogP contribution >= 0.6 is 0 Å². The van der Waals surface area contributed by atoms with Crippen molar-refractivity contribution < 1.29 is 28.7 Å². The van der Waals surface area contributed by atoms with Crippen molar-refractivity contribution in [2.75, 3.05) is 18.5 Å². The molecule has 0 bridgehead atoms. The van der Waals surface area contributed by atoms with Crippen LogP contribution in [0.25, 0.3) is 0 Å². The Morgan fingerprint density at radius 2 is 1.63 bits per heavy atom. The number of anilines is 1. The van der Waals surface area contributed by atoms with Gasteiger partial charge >= 0.3 is 5.97 Å². The Kier molecular flexibility index (Phi) is 6.76. The van der Waals surface area contributed by atoms with E-state index in [0.717, 1.165) is 4.90 Å². The highest BCUT2D eigenvalue weighted by Gasteiger charge is 2.46. The van der Waals surface area contributed by atoms with Crippen LogP contribution in [0.4, 0.5) is 5.69 Å². The van der Waals surface area contributed by atoms with Gasteiger partial charge in [0, 0.05) is 24.2 Å². The van der Waals surface area contributed by atoms with E-state index in [2.05, 4.69) is 5.32 Å². The van der Waals surface area contributed by atoms with Crippen molar-refractivity contribution in [1.82, 2.24) is 4.90 Å². The Balaban J connectivity index is 1.44. The molecule has 0 spiro atoms. The molecule has 8 heteroatoms. The molecule has 1 heterocycles. The summed E-state index contributed by atoms with van der Waals surface area (Å²) in [4.78, 5) is 61.4. The maximum absolute atomic E-state index is 12.4. The number of imide groups is 1. The highest BCUT2D eigenvalue weighted by molar-refractivity contribution is 6.05. The summed E-state index contributed by atoms with van der Waals surface area (Å²) >= 11 is 0. The smallest absolute Gasteiger partial charge is 0.308 e. The van der Waals surface area contributed by atoms with Crippen LogP contribution in [0.3, 0.4) is 0 Å². The number of ether oxygens (including phenoxy) is 1. The molecule has 0 unspecified atom stereocenters. The van der Waals surface area contributed by atoms with Gasteiger partial charge in [0.1, 0.15) is 0 Å². The van der Waals surface area contributed by atoms with E-state index in [4.69, 9.17) is 4.74 Å². The number of carbonyl (C=O) groups is 5. The molecule has 1 N–H and O–H groups in total. The summed E-state index contributed by atoms with van der Waals surface area (Å²) in [7, 11) is 0. The number of fused-ring (bicyclic) bond motifs is 1. The number of rotatable bonds is 8. The van der Waals surface area contributed by atoms with Crippen LogP contribution in [0.5, 0.6) is 0 Å². The first-order valence-corrected chi connectivity index (χ1v) is 9.99. The summed E-state index contributed by atoms with van der Waals surface area (Å²) in [5, 5.41) is 2.68. The van der Waals surface area contributed by atoms with E-state index in [-0.39, 0.29) is 48.3 Å². The number of likely N-dealkylation sites (tertiary alicyclic amines) is 1. The van der Waals surface area contributed by atoms with Crippen LogP contribution < -0.4 is 5.32 Å². The number of nitrogens with zero attached hydrogens (tertiary/aromatic N) is 1. The molecule has 1 aromatic carbocycles. The molecule has 1 aliphatic heterocycles. The molecule has 8 nitrogen and oxygen atoms in total. The fraction of sp³-hybridized carbons (Fsp3) is 0.409. The number of Topliss-reactive ketones (excluding diaryl/α,β-unsaturated/α-hetero) is 1. The summed E-state index contributed by atoms with van der Waals surface area (Å²) in [6.45, 7) is 1.27. The lowest BCUT2D eigenvalue weighted by Gasteiger charge is -2.14. The van der Waals surface area contributed by atoms with Crippen LogP contribution in [-0.4, -0.2) is 47.5 Å². The zero-order valence-corrected chi connectivity index (χ0v) is 16.8. The second-order valence-corrected chi connectivity index (χ2v) is 7.30. The molecule has 2 atom stereocenters. The molecule has 1 aromatic rings. The maximum atomic E-state index is 12.4. The monoisotopic (exact) mass is 412 g/mol. The van der Waals surface area contributed by atoms with E-state index in [9.17, 15) is 24.0 Å². The van der Waals surface area contributed by atoms with E-state index < -0.39 is 12.6 Å². The summed E-state index contributed by atoms with van der Waals surface area (Å²) in [6, 6.07) is 6.28. The lowest BCUT2D eigenvalue weighted by atomic mass is 9.85. The van der Waals surface area contributed by atoms with Crippen molar-refractivity contribution in [3.63, 3.8) is 0 Å². The number of carbonyl (C=O) groups excluding carboxylic acids is 5. The molecule has 2 aliphatic rings. The van der Waals surface area contributed by atoms with Gasteiger partial charge in [-0.2, -0.15) is 0 Å². The molecule has 158 valence electrons. The van der Waals surface area contributed by atoms with Crippen molar-refractivity contribution in [2.45, 2.75) is 32.6 Å². The van der Waals surface area contributed by atoms with Crippen molar-refractivity contribution in [1.29, 1.82) is 0 Å². The first-order valence-electron chi connectivity index (χ1n) is 9.99. The summed E-state index contributed by atoms with van der Waals surface area (Å²) in [5.74, 6) is -2.31. The molecule has 1 saturated heterocycles. The van der Waals surface area contributed by atoms with Crippen LogP contribution in [0.15, 0.2) is 36.4 Å². The Morgan fingerprint density at radius 3 is 2.20 bits per heavy atom. The highest BCUT2D eigenvalue weighted by atomic mass is 16.5. The van der Waals surface area contributed by atoms with Gasteiger partial charge in [-0.3, -0.25) is 28.9 Å². The van der Waals surface area contributed by atoms with Gasteiger partial charge in [-0.1, -0.05) is 19.1 Å². The molecular formula is C22H24N2O6. The third-order valence-electron chi connectivity index (χ3n) is 5.31. The van der Waals surface area contributed by atoms with Crippen molar-refractivity contribution >= 4 is 35.2 Å². The minimum Gasteiger partial charge on any atom is -0.457 e. The van der Waals surface area contributed by atoms with E-state index in [0.29, 0.717) is 30.5 Å². The average Bonchev–Trinajstić information content (AvgIpc) is 3.01. The SMILES string of the molecule is CCC(=O)Nc1ccc(C(=O)COC(=O)CCN2C(=O)[C@H]3CC=CC[C@@H]3C2=O)cc1. The van der Waals surface area contributed by atoms with Gasteiger partial charge in [0.25, 0.3) is 0 Å². The second kappa shape index (κ2) is 9.47. The number of nitrogens with one attached hydrogen (secondary N) is 1. The Hall–Kier alpha value is -3.29. The third-order valence-corrected chi connectivity index (χ3v) is 5.31. The lowest BCUT2D eigenvalue weighted by molar-refractivity contribution is -0.145. The van der Waals surface area contributed by atoms with Crippen LogP contribution in [0.1, 0.15) is 43.0 Å². The van der Waals surface area contributed by atoms with E-state index in [1.165, 1.54) is 0 Å². The molecule has 3 amide bonds. The highest BCUT2D eigenvalue weighted by Crippen LogP contribution is 2.35. The number of amides is 3. The van der Waals surface area contributed by atoms with Gasteiger partial charge in [0.2, 0.25) is 17.7 Å². The number of esters is 1. The first kappa shape index (κ1) is 21.4. The predicted molar refractivity (Wildman–Crippen MR) is 107 cm³/mol. The summed E-state index contributed by atoms with van der Waals surface area (Å²) < 4.78 is 5.00. The molecule has 1 fully saturated rings. The number of ketones is 1. The Labute approximate surface area is 174 Å². The molecule has 0 aromatic heterocycles. The summed E-state index contributed by atoms with van der Waals surface area (Å²) in [6.07, 6.45) is 5.10. The predicted octanol–water partition coefficient (Wildman–Crippen LogP) is 2.10. The second-order valence-electron chi connectivity index (χ2n) is 7.30. The average molecular weight is 412 g/mol. The third kappa shape index (κ3) is 4.82. The Morgan fingerprint density at radius 1 is 1.03 bits per heavy atom. The van der Waals surface area contributed by atoms with E-state index >= 15 is 0 Å².